The van der Waals surface area contributed by atoms with Crippen molar-refractivity contribution in [3.63, 3.8) is 0 Å². The summed E-state index contributed by atoms with van der Waals surface area (Å²) in [5.74, 6) is 2.17. The Bertz CT molecular complexity index is 434. The molecular formula is C14H27N5. The van der Waals surface area contributed by atoms with Crippen molar-refractivity contribution in [1.82, 2.24) is 14.9 Å². The molecule has 1 aromatic rings. The van der Waals surface area contributed by atoms with E-state index in [2.05, 4.69) is 62.0 Å². The summed E-state index contributed by atoms with van der Waals surface area (Å²) in [4.78, 5) is 11.2. The standard InChI is InChI=1S/C14H27N5/c1-9(19(6)7)8-16-12-10(2)11(15)17-13(18-12)14(3,4)5/h9H,8H2,1-7H3,(H3,15,16,17,18). The predicted molar refractivity (Wildman–Crippen MR) is 81.5 cm³/mol. The van der Waals surface area contributed by atoms with Crippen molar-refractivity contribution in [2.24, 2.45) is 0 Å². The van der Waals surface area contributed by atoms with Crippen LogP contribution < -0.4 is 11.1 Å². The van der Waals surface area contributed by atoms with Gasteiger partial charge < -0.3 is 16.0 Å². The lowest BCUT2D eigenvalue weighted by molar-refractivity contribution is 0.326. The van der Waals surface area contributed by atoms with Gasteiger partial charge >= 0.3 is 0 Å². The highest BCUT2D eigenvalue weighted by Crippen LogP contribution is 2.24. The molecule has 3 N–H and O–H groups in total. The van der Waals surface area contributed by atoms with E-state index < -0.39 is 0 Å². The summed E-state index contributed by atoms with van der Waals surface area (Å²) >= 11 is 0. The van der Waals surface area contributed by atoms with Crippen molar-refractivity contribution in [2.75, 3.05) is 31.7 Å². The molecular weight excluding hydrogens is 238 g/mol. The number of hydrogen-bond acceptors (Lipinski definition) is 5. The van der Waals surface area contributed by atoms with E-state index in [1.54, 1.807) is 0 Å². The van der Waals surface area contributed by atoms with Gasteiger partial charge in [-0.25, -0.2) is 9.97 Å². The molecule has 0 amide bonds. The van der Waals surface area contributed by atoms with Crippen molar-refractivity contribution in [3.8, 4) is 0 Å². The van der Waals surface area contributed by atoms with Crippen LogP contribution in [0.1, 0.15) is 39.1 Å². The third kappa shape index (κ3) is 4.06. The van der Waals surface area contributed by atoms with Crippen LogP contribution in [-0.4, -0.2) is 41.5 Å². The van der Waals surface area contributed by atoms with E-state index in [0.29, 0.717) is 11.9 Å². The SMILES string of the molecule is Cc1c(N)nc(C(C)(C)C)nc1NCC(C)N(C)C. The molecule has 0 saturated heterocycles. The Morgan fingerprint density at radius 1 is 1.26 bits per heavy atom. The summed E-state index contributed by atoms with van der Waals surface area (Å²) in [5.41, 5.74) is 6.79. The molecule has 1 rings (SSSR count). The van der Waals surface area contributed by atoms with Crippen LogP contribution in [0.3, 0.4) is 0 Å². The Balaban J connectivity index is 2.97. The first-order valence-electron chi connectivity index (χ1n) is 6.67. The Labute approximate surface area is 116 Å². The molecule has 1 aromatic heterocycles. The summed E-state index contributed by atoms with van der Waals surface area (Å²) < 4.78 is 0. The van der Waals surface area contributed by atoms with Gasteiger partial charge in [0.15, 0.2) is 0 Å². The van der Waals surface area contributed by atoms with Gasteiger partial charge in [-0.15, -0.1) is 0 Å². The van der Waals surface area contributed by atoms with Crippen LogP contribution in [-0.2, 0) is 5.41 Å². The molecule has 0 fully saturated rings. The van der Waals surface area contributed by atoms with E-state index in [1.807, 2.05) is 6.92 Å². The first-order chi connectivity index (χ1) is 8.62. The van der Waals surface area contributed by atoms with Gasteiger partial charge in [-0.05, 0) is 27.9 Å². The second-order valence-corrected chi connectivity index (χ2v) is 6.35. The maximum Gasteiger partial charge on any atom is 0.138 e. The van der Waals surface area contributed by atoms with Crippen molar-refractivity contribution in [1.29, 1.82) is 0 Å². The molecule has 1 heterocycles. The number of hydrogen-bond donors (Lipinski definition) is 2. The van der Waals surface area contributed by atoms with E-state index in [4.69, 9.17) is 5.73 Å². The molecule has 0 saturated carbocycles. The average Bonchev–Trinajstić information content (AvgIpc) is 2.28. The van der Waals surface area contributed by atoms with E-state index in [0.717, 1.165) is 23.8 Å². The third-order valence-electron chi connectivity index (χ3n) is 3.30. The molecule has 0 radical (unpaired) electrons. The van der Waals surface area contributed by atoms with Crippen molar-refractivity contribution in [2.45, 2.75) is 46.1 Å². The van der Waals surface area contributed by atoms with E-state index in [9.17, 15) is 0 Å². The summed E-state index contributed by atoms with van der Waals surface area (Å²) in [6.45, 7) is 11.2. The smallest absolute Gasteiger partial charge is 0.138 e. The zero-order valence-corrected chi connectivity index (χ0v) is 13.2. The molecule has 1 unspecified atom stereocenters. The van der Waals surface area contributed by atoms with Crippen LogP contribution in [0.25, 0.3) is 0 Å². The van der Waals surface area contributed by atoms with Crippen molar-refractivity contribution >= 4 is 11.6 Å². The maximum atomic E-state index is 5.98. The number of rotatable bonds is 4. The minimum Gasteiger partial charge on any atom is -0.383 e. The minimum absolute atomic E-state index is 0.106. The predicted octanol–water partition coefficient (Wildman–Crippen LogP) is 2.03. The fraction of sp³-hybridized carbons (Fsp3) is 0.714. The molecule has 0 aliphatic rings. The molecule has 0 bridgehead atoms. The van der Waals surface area contributed by atoms with Gasteiger partial charge in [0.2, 0.25) is 0 Å². The van der Waals surface area contributed by atoms with Crippen molar-refractivity contribution < 1.29 is 0 Å². The molecule has 19 heavy (non-hydrogen) atoms. The molecule has 5 nitrogen and oxygen atoms in total. The van der Waals surface area contributed by atoms with E-state index in [-0.39, 0.29) is 5.41 Å². The largest absolute Gasteiger partial charge is 0.383 e. The molecule has 1 atom stereocenters. The minimum atomic E-state index is -0.106. The second-order valence-electron chi connectivity index (χ2n) is 6.35. The lowest BCUT2D eigenvalue weighted by Gasteiger charge is -2.23. The number of aromatic nitrogens is 2. The summed E-state index contributed by atoms with van der Waals surface area (Å²) in [7, 11) is 4.13. The highest BCUT2D eigenvalue weighted by molar-refractivity contribution is 5.55. The van der Waals surface area contributed by atoms with E-state index >= 15 is 0 Å². The quantitative estimate of drug-likeness (QED) is 0.872. The topological polar surface area (TPSA) is 67.1 Å². The number of anilines is 2. The van der Waals surface area contributed by atoms with Gasteiger partial charge in [0.25, 0.3) is 0 Å². The van der Waals surface area contributed by atoms with Crippen LogP contribution in [0.15, 0.2) is 0 Å². The Morgan fingerprint density at radius 3 is 2.32 bits per heavy atom. The van der Waals surface area contributed by atoms with Gasteiger partial charge in [0.05, 0.1) is 0 Å². The maximum absolute atomic E-state index is 5.98. The van der Waals surface area contributed by atoms with Crippen LogP contribution in [0, 0.1) is 6.92 Å². The number of nitrogens with one attached hydrogen (secondary N) is 1. The van der Waals surface area contributed by atoms with Crippen LogP contribution in [0.5, 0.6) is 0 Å². The third-order valence-corrected chi connectivity index (χ3v) is 3.30. The van der Waals surface area contributed by atoms with Gasteiger partial charge in [-0.1, -0.05) is 20.8 Å². The molecule has 108 valence electrons. The second kappa shape index (κ2) is 5.74. The highest BCUT2D eigenvalue weighted by atomic mass is 15.1. The zero-order valence-electron chi connectivity index (χ0n) is 13.2. The molecule has 0 spiro atoms. The lowest BCUT2D eigenvalue weighted by atomic mass is 9.95. The highest BCUT2D eigenvalue weighted by Gasteiger charge is 2.20. The average molecular weight is 265 g/mol. The first kappa shape index (κ1) is 15.7. The molecule has 5 heteroatoms. The van der Waals surface area contributed by atoms with Gasteiger partial charge in [-0.3, -0.25) is 0 Å². The Morgan fingerprint density at radius 2 is 1.84 bits per heavy atom. The number of likely N-dealkylation sites (N-methyl/N-ethyl adjacent to an activating group) is 1. The van der Waals surface area contributed by atoms with Crippen molar-refractivity contribution in [3.05, 3.63) is 11.4 Å². The molecule has 0 aromatic carbocycles. The van der Waals surface area contributed by atoms with Gasteiger partial charge in [0, 0.05) is 23.6 Å². The number of nitrogen functional groups attached to an aromatic ring is 1. The monoisotopic (exact) mass is 265 g/mol. The Hall–Kier alpha value is -1.36. The first-order valence-corrected chi connectivity index (χ1v) is 6.67. The van der Waals surface area contributed by atoms with Crippen LogP contribution in [0.4, 0.5) is 11.6 Å². The fourth-order valence-electron chi connectivity index (χ4n) is 1.47. The van der Waals surface area contributed by atoms with Gasteiger partial charge in [-0.2, -0.15) is 0 Å². The lowest BCUT2D eigenvalue weighted by Crippen LogP contribution is -2.32. The van der Waals surface area contributed by atoms with Gasteiger partial charge in [0.1, 0.15) is 17.5 Å². The molecule has 0 aliphatic carbocycles. The number of nitrogens with two attached hydrogens (primary N) is 1. The molecule has 0 aliphatic heterocycles. The van der Waals surface area contributed by atoms with E-state index in [1.165, 1.54) is 0 Å². The summed E-state index contributed by atoms with van der Waals surface area (Å²) in [6.07, 6.45) is 0. The summed E-state index contributed by atoms with van der Waals surface area (Å²) in [5, 5.41) is 3.37. The summed E-state index contributed by atoms with van der Waals surface area (Å²) in [6, 6.07) is 0.425. The zero-order chi connectivity index (χ0) is 14.8. The fourth-order valence-corrected chi connectivity index (χ4v) is 1.47. The number of nitrogens with zero attached hydrogens (tertiary/aromatic N) is 3. The normalized spacial score (nSPS) is 13.7. The van der Waals surface area contributed by atoms with Crippen LogP contribution in [0.2, 0.25) is 0 Å². The van der Waals surface area contributed by atoms with Crippen LogP contribution >= 0.6 is 0 Å². The Kier molecular flexibility index (Phi) is 4.74.